The van der Waals surface area contributed by atoms with E-state index in [9.17, 15) is 0 Å². The predicted octanol–water partition coefficient (Wildman–Crippen LogP) is 2.52. The fourth-order valence-electron chi connectivity index (χ4n) is 1.84. The number of ether oxygens (including phenoxy) is 1. The van der Waals surface area contributed by atoms with Crippen molar-refractivity contribution in [2.45, 2.75) is 6.54 Å². The molecule has 1 aromatic carbocycles. The first kappa shape index (κ1) is 18.6. The van der Waals surface area contributed by atoms with Gasteiger partial charge in [0.1, 0.15) is 12.9 Å². The van der Waals surface area contributed by atoms with E-state index in [2.05, 4.69) is 25.8 Å². The van der Waals surface area contributed by atoms with Gasteiger partial charge >= 0.3 is 0 Å². The van der Waals surface area contributed by atoms with E-state index in [4.69, 9.17) is 39.5 Å². The van der Waals surface area contributed by atoms with Gasteiger partial charge in [-0.25, -0.2) is 0 Å². The Kier molecular flexibility index (Phi) is 6.96. The summed E-state index contributed by atoms with van der Waals surface area (Å²) >= 11 is 18.0. The van der Waals surface area contributed by atoms with E-state index in [1.807, 2.05) is 11.6 Å². The van der Waals surface area contributed by atoms with Crippen LogP contribution in [0.1, 0.15) is 5.82 Å². The highest BCUT2D eigenvalue weighted by molar-refractivity contribution is 6.40. The van der Waals surface area contributed by atoms with Crippen LogP contribution in [0.3, 0.4) is 0 Å². The number of nitrogens with one attached hydrogen (secondary N) is 2. The van der Waals surface area contributed by atoms with Gasteiger partial charge in [-0.3, -0.25) is 4.99 Å². The van der Waals surface area contributed by atoms with Gasteiger partial charge in [-0.2, -0.15) is 0 Å². The minimum atomic E-state index is 0.353. The average molecular weight is 392 g/mol. The molecular formula is C14H17Cl3N6O. The predicted molar refractivity (Wildman–Crippen MR) is 96.2 cm³/mol. The molecule has 0 saturated heterocycles. The van der Waals surface area contributed by atoms with Gasteiger partial charge in [0.05, 0.1) is 23.1 Å². The number of aliphatic imine (C=N–C) groups is 1. The van der Waals surface area contributed by atoms with E-state index in [1.165, 1.54) is 0 Å². The molecule has 0 bridgehead atoms. The standard InChI is InChI=1S/C14H17Cl3N6O/c1-18-14(20-7-12-22-21-8-23(12)2)19-3-4-24-13-10(16)5-9(15)6-11(13)17/h5-6,8H,3-4,7H2,1-2H3,(H2,18,19,20). The van der Waals surface area contributed by atoms with Crippen LogP contribution < -0.4 is 15.4 Å². The summed E-state index contributed by atoms with van der Waals surface area (Å²) in [4.78, 5) is 4.12. The van der Waals surface area contributed by atoms with Crippen molar-refractivity contribution in [1.29, 1.82) is 0 Å². The second-order valence-electron chi connectivity index (χ2n) is 4.76. The Morgan fingerprint density at radius 2 is 1.96 bits per heavy atom. The maximum atomic E-state index is 6.06. The summed E-state index contributed by atoms with van der Waals surface area (Å²) in [5.41, 5.74) is 0. The quantitative estimate of drug-likeness (QED) is 0.449. The van der Waals surface area contributed by atoms with E-state index >= 15 is 0 Å². The maximum Gasteiger partial charge on any atom is 0.191 e. The largest absolute Gasteiger partial charge is 0.489 e. The zero-order valence-electron chi connectivity index (χ0n) is 13.2. The fourth-order valence-corrected chi connectivity index (χ4v) is 2.77. The second kappa shape index (κ2) is 8.96. The number of rotatable bonds is 6. The van der Waals surface area contributed by atoms with Crippen molar-refractivity contribution in [3.8, 4) is 5.75 Å². The highest BCUT2D eigenvalue weighted by Crippen LogP contribution is 2.35. The molecule has 10 heteroatoms. The number of halogens is 3. The first-order chi connectivity index (χ1) is 11.5. The van der Waals surface area contributed by atoms with Crippen molar-refractivity contribution in [2.75, 3.05) is 20.2 Å². The Bertz CT molecular complexity index is 695. The minimum absolute atomic E-state index is 0.353. The van der Waals surface area contributed by atoms with E-state index in [1.54, 1.807) is 25.5 Å². The monoisotopic (exact) mass is 390 g/mol. The molecular weight excluding hydrogens is 375 g/mol. The highest BCUT2D eigenvalue weighted by Gasteiger charge is 2.09. The number of benzene rings is 1. The number of aromatic nitrogens is 3. The molecule has 2 rings (SSSR count). The number of guanidine groups is 1. The Hall–Kier alpha value is -1.70. The van der Waals surface area contributed by atoms with Gasteiger partial charge in [-0.15, -0.1) is 10.2 Å². The van der Waals surface area contributed by atoms with Crippen LogP contribution in [0.25, 0.3) is 0 Å². The molecule has 2 aromatic rings. The minimum Gasteiger partial charge on any atom is -0.489 e. The molecule has 7 nitrogen and oxygen atoms in total. The Labute approximate surface area is 155 Å². The molecule has 0 aliphatic heterocycles. The zero-order valence-corrected chi connectivity index (χ0v) is 15.5. The molecule has 0 aliphatic rings. The summed E-state index contributed by atoms with van der Waals surface area (Å²) in [5, 5.41) is 15.3. The molecule has 0 atom stereocenters. The van der Waals surface area contributed by atoms with Crippen LogP contribution in [-0.4, -0.2) is 40.9 Å². The first-order valence-corrected chi connectivity index (χ1v) is 8.19. The Morgan fingerprint density at radius 1 is 1.25 bits per heavy atom. The van der Waals surface area contributed by atoms with Crippen molar-refractivity contribution < 1.29 is 4.74 Å². The van der Waals surface area contributed by atoms with Crippen molar-refractivity contribution >= 4 is 40.8 Å². The zero-order chi connectivity index (χ0) is 17.5. The van der Waals surface area contributed by atoms with Crippen LogP contribution in [0, 0.1) is 0 Å². The van der Waals surface area contributed by atoms with Crippen LogP contribution in [-0.2, 0) is 13.6 Å². The maximum absolute atomic E-state index is 6.06. The van der Waals surface area contributed by atoms with Gasteiger partial charge in [0.15, 0.2) is 17.5 Å². The third-order valence-corrected chi connectivity index (χ3v) is 3.83. The van der Waals surface area contributed by atoms with Gasteiger partial charge in [0.25, 0.3) is 0 Å². The van der Waals surface area contributed by atoms with Crippen LogP contribution in [0.15, 0.2) is 23.5 Å². The molecule has 0 amide bonds. The lowest BCUT2D eigenvalue weighted by atomic mass is 10.3. The summed E-state index contributed by atoms with van der Waals surface area (Å²) in [6.45, 7) is 1.37. The summed E-state index contributed by atoms with van der Waals surface area (Å²) in [6, 6.07) is 3.16. The third kappa shape index (κ3) is 5.15. The van der Waals surface area contributed by atoms with Crippen LogP contribution >= 0.6 is 34.8 Å². The van der Waals surface area contributed by atoms with Crippen LogP contribution in [0.4, 0.5) is 0 Å². The van der Waals surface area contributed by atoms with Gasteiger partial charge in [0, 0.05) is 19.1 Å². The molecule has 1 aromatic heterocycles. The normalized spacial score (nSPS) is 11.5. The van der Waals surface area contributed by atoms with E-state index in [0.29, 0.717) is 46.5 Å². The molecule has 130 valence electrons. The molecule has 0 aliphatic carbocycles. The third-order valence-electron chi connectivity index (χ3n) is 3.05. The smallest absolute Gasteiger partial charge is 0.191 e. The summed E-state index contributed by atoms with van der Waals surface area (Å²) in [7, 11) is 3.56. The number of hydrogen-bond donors (Lipinski definition) is 2. The molecule has 24 heavy (non-hydrogen) atoms. The Morgan fingerprint density at radius 3 is 2.54 bits per heavy atom. The van der Waals surface area contributed by atoms with Gasteiger partial charge in [0.2, 0.25) is 0 Å². The average Bonchev–Trinajstić information content (AvgIpc) is 2.93. The van der Waals surface area contributed by atoms with E-state index < -0.39 is 0 Å². The lowest BCUT2D eigenvalue weighted by Gasteiger charge is -2.13. The van der Waals surface area contributed by atoms with Gasteiger partial charge in [-0.05, 0) is 12.1 Å². The SMILES string of the molecule is CN=C(NCCOc1c(Cl)cc(Cl)cc1Cl)NCc1nncn1C. The van der Waals surface area contributed by atoms with Gasteiger partial charge in [-0.1, -0.05) is 34.8 Å². The highest BCUT2D eigenvalue weighted by atomic mass is 35.5. The molecule has 0 fully saturated rings. The first-order valence-electron chi connectivity index (χ1n) is 7.06. The number of aryl methyl sites for hydroxylation is 1. The van der Waals surface area contributed by atoms with E-state index in [-0.39, 0.29) is 0 Å². The number of nitrogens with zero attached hydrogens (tertiary/aromatic N) is 4. The van der Waals surface area contributed by atoms with Crippen molar-refractivity contribution in [1.82, 2.24) is 25.4 Å². The lowest BCUT2D eigenvalue weighted by molar-refractivity contribution is 0.322. The summed E-state index contributed by atoms with van der Waals surface area (Å²) < 4.78 is 7.42. The molecule has 1 heterocycles. The van der Waals surface area contributed by atoms with Gasteiger partial charge < -0.3 is 19.9 Å². The number of hydrogen-bond acceptors (Lipinski definition) is 4. The molecule has 0 saturated carbocycles. The molecule has 0 unspecified atom stereocenters. The molecule has 0 spiro atoms. The van der Waals surface area contributed by atoms with E-state index in [0.717, 1.165) is 5.82 Å². The molecule has 0 radical (unpaired) electrons. The second-order valence-corrected chi connectivity index (χ2v) is 6.01. The fraction of sp³-hybridized carbons (Fsp3) is 0.357. The lowest BCUT2D eigenvalue weighted by Crippen LogP contribution is -2.39. The summed E-state index contributed by atoms with van der Waals surface area (Å²) in [6.07, 6.45) is 1.64. The summed E-state index contributed by atoms with van der Waals surface area (Å²) in [5.74, 6) is 1.83. The van der Waals surface area contributed by atoms with Crippen LogP contribution in [0.2, 0.25) is 15.1 Å². The van der Waals surface area contributed by atoms with Crippen LogP contribution in [0.5, 0.6) is 5.75 Å². The van der Waals surface area contributed by atoms with Crippen molar-refractivity contribution in [3.05, 3.63) is 39.4 Å². The Balaban J connectivity index is 1.77. The van der Waals surface area contributed by atoms with Crippen molar-refractivity contribution in [2.24, 2.45) is 12.0 Å². The molecule has 2 N–H and O–H groups in total. The topological polar surface area (TPSA) is 76.4 Å². The van der Waals surface area contributed by atoms with Crippen molar-refractivity contribution in [3.63, 3.8) is 0 Å².